The van der Waals surface area contributed by atoms with E-state index in [-0.39, 0.29) is 0 Å². The van der Waals surface area contributed by atoms with Gasteiger partial charge in [-0.15, -0.1) is 0 Å². The Labute approximate surface area is 116 Å². The van der Waals surface area contributed by atoms with Gasteiger partial charge in [-0.3, -0.25) is 0 Å². The number of rotatable bonds is 6. The molecule has 0 spiro atoms. The molecule has 16 heavy (non-hydrogen) atoms. The third-order valence-corrected chi connectivity index (χ3v) is 8.49. The number of hydrogen-bond acceptors (Lipinski definition) is 1. The Bertz CT molecular complexity index is 218. The van der Waals surface area contributed by atoms with E-state index in [1.54, 1.807) is 0 Å². The Hall–Kier alpha value is 0.647. The van der Waals surface area contributed by atoms with E-state index in [0.29, 0.717) is 11.1 Å². The molecule has 0 aromatic carbocycles. The highest BCUT2D eigenvalue weighted by atomic mass is 127. The zero-order valence-corrected chi connectivity index (χ0v) is 14.8. The second-order valence-electron chi connectivity index (χ2n) is 5.98. The lowest BCUT2D eigenvalue weighted by Crippen LogP contribution is -2.43. The number of hydrogen-bond donors (Lipinski definition) is 0. The van der Waals surface area contributed by atoms with Gasteiger partial charge in [0.2, 0.25) is 0 Å². The second-order valence-corrected chi connectivity index (χ2v) is 11.5. The Morgan fingerprint density at radius 1 is 1.31 bits per heavy atom. The van der Waals surface area contributed by atoms with Gasteiger partial charge in [-0.1, -0.05) is 49.4 Å². The van der Waals surface area contributed by atoms with Crippen molar-refractivity contribution < 1.29 is 4.43 Å². The Balaban J connectivity index is 3.99. The molecule has 0 fully saturated rings. The second kappa shape index (κ2) is 7.16. The third kappa shape index (κ3) is 6.40. The molecule has 0 heterocycles. The van der Waals surface area contributed by atoms with Gasteiger partial charge in [0.1, 0.15) is 0 Å². The molecule has 96 valence electrons. The average molecular weight is 354 g/mol. The van der Waals surface area contributed by atoms with Crippen molar-refractivity contribution in [2.24, 2.45) is 0 Å². The summed E-state index contributed by atoms with van der Waals surface area (Å²) >= 11 is 2.27. The van der Waals surface area contributed by atoms with Gasteiger partial charge in [0.15, 0.2) is 8.32 Å². The fraction of sp³-hybridized carbons (Fsp3) is 0.846. The highest BCUT2D eigenvalue weighted by Crippen LogP contribution is 2.37. The fourth-order valence-corrected chi connectivity index (χ4v) is 3.16. The van der Waals surface area contributed by atoms with Crippen LogP contribution in [0.1, 0.15) is 47.0 Å². The molecule has 3 heteroatoms. The van der Waals surface area contributed by atoms with Crippen LogP contribution in [-0.4, -0.2) is 14.4 Å². The lowest BCUT2D eigenvalue weighted by atomic mass is 10.2. The summed E-state index contributed by atoms with van der Waals surface area (Å²) in [6.07, 6.45) is 6.21. The largest absolute Gasteiger partial charge is 0.414 e. The first-order chi connectivity index (χ1) is 7.20. The van der Waals surface area contributed by atoms with Gasteiger partial charge in [-0.2, -0.15) is 0 Å². The van der Waals surface area contributed by atoms with Gasteiger partial charge in [0.25, 0.3) is 0 Å². The lowest BCUT2D eigenvalue weighted by molar-refractivity contribution is 0.187. The predicted octanol–water partition coefficient (Wildman–Crippen LogP) is 5.52. The minimum absolute atomic E-state index is 0.323. The van der Waals surface area contributed by atoms with Crippen molar-refractivity contribution in [1.29, 1.82) is 0 Å². The molecule has 0 bridgehead atoms. The molecule has 0 rings (SSSR count). The van der Waals surface area contributed by atoms with Crippen LogP contribution in [0.4, 0.5) is 0 Å². The average Bonchev–Trinajstić information content (AvgIpc) is 2.10. The molecule has 0 radical (unpaired) electrons. The van der Waals surface area contributed by atoms with Crippen LogP contribution in [0.25, 0.3) is 0 Å². The number of halogens is 1. The summed E-state index contributed by atoms with van der Waals surface area (Å²) in [6, 6.07) is 0. The summed E-state index contributed by atoms with van der Waals surface area (Å²) in [4.78, 5) is 0. The molecule has 0 saturated carbocycles. The van der Waals surface area contributed by atoms with Crippen LogP contribution in [0.15, 0.2) is 10.2 Å². The van der Waals surface area contributed by atoms with E-state index in [2.05, 4.69) is 73.5 Å². The van der Waals surface area contributed by atoms with E-state index in [9.17, 15) is 0 Å². The minimum atomic E-state index is -1.56. The maximum atomic E-state index is 6.30. The molecule has 0 aliphatic rings. The summed E-state index contributed by atoms with van der Waals surface area (Å²) < 4.78 is 8.39. The van der Waals surface area contributed by atoms with Crippen LogP contribution >= 0.6 is 22.6 Å². The highest BCUT2D eigenvalue weighted by molar-refractivity contribution is 14.1. The molecule has 0 aliphatic carbocycles. The van der Waals surface area contributed by atoms with Gasteiger partial charge in [-0.05, 0) is 48.4 Å². The lowest BCUT2D eigenvalue weighted by Gasteiger charge is -2.38. The predicted molar refractivity (Wildman–Crippen MR) is 84.8 cm³/mol. The molecule has 0 amide bonds. The molecular formula is C13H27IOSi. The molecule has 0 aromatic rings. The molecule has 1 atom stereocenters. The van der Waals surface area contributed by atoms with Crippen molar-refractivity contribution in [3.05, 3.63) is 10.2 Å². The molecule has 0 N–H and O–H groups in total. The van der Waals surface area contributed by atoms with Crippen molar-refractivity contribution >= 4 is 30.9 Å². The maximum Gasteiger partial charge on any atom is 0.192 e. The van der Waals surface area contributed by atoms with E-state index in [4.69, 9.17) is 4.43 Å². The van der Waals surface area contributed by atoms with Gasteiger partial charge in [0, 0.05) is 6.10 Å². The van der Waals surface area contributed by atoms with Gasteiger partial charge >= 0.3 is 0 Å². The molecule has 1 nitrogen and oxygen atoms in total. The Morgan fingerprint density at radius 2 is 1.88 bits per heavy atom. The minimum Gasteiger partial charge on any atom is -0.414 e. The summed E-state index contributed by atoms with van der Waals surface area (Å²) in [6.45, 7) is 13.8. The SMILES string of the molecule is C[C@@H](CCC/C=C/I)O[Si](C)(C)C(C)(C)C. The first-order valence-corrected chi connectivity index (χ1v) is 10.3. The molecule has 0 aromatic heterocycles. The van der Waals surface area contributed by atoms with Crippen LogP contribution < -0.4 is 0 Å². The van der Waals surface area contributed by atoms with Crippen molar-refractivity contribution in [2.45, 2.75) is 71.2 Å². The fourth-order valence-electron chi connectivity index (χ4n) is 1.32. The Morgan fingerprint density at radius 3 is 2.31 bits per heavy atom. The van der Waals surface area contributed by atoms with Crippen LogP contribution in [0.3, 0.4) is 0 Å². The molecule has 0 aliphatic heterocycles. The van der Waals surface area contributed by atoms with Crippen LogP contribution in [0, 0.1) is 0 Å². The third-order valence-electron chi connectivity index (χ3n) is 3.37. The summed E-state index contributed by atoms with van der Waals surface area (Å²) in [5, 5.41) is 0.323. The van der Waals surface area contributed by atoms with E-state index < -0.39 is 8.32 Å². The van der Waals surface area contributed by atoms with E-state index in [0.717, 1.165) is 0 Å². The Kier molecular flexibility index (Phi) is 7.45. The summed E-state index contributed by atoms with van der Waals surface area (Å²) in [5.74, 6) is 0. The van der Waals surface area contributed by atoms with Gasteiger partial charge < -0.3 is 4.43 Å². The van der Waals surface area contributed by atoms with E-state index in [1.807, 2.05) is 0 Å². The van der Waals surface area contributed by atoms with Crippen molar-refractivity contribution in [1.82, 2.24) is 0 Å². The zero-order chi connectivity index (χ0) is 12.8. The standard InChI is InChI=1S/C13H27IOSi/c1-12(10-8-7-9-11-14)15-16(5,6)13(2,3)4/h9,11-12H,7-8,10H2,1-6H3/b11-9+/t12-/m0/s1. The van der Waals surface area contributed by atoms with Crippen molar-refractivity contribution in [3.63, 3.8) is 0 Å². The van der Waals surface area contributed by atoms with Gasteiger partial charge in [0.05, 0.1) is 0 Å². The molecular weight excluding hydrogens is 327 g/mol. The van der Waals surface area contributed by atoms with E-state index >= 15 is 0 Å². The maximum absolute atomic E-state index is 6.30. The normalized spacial score (nSPS) is 15.7. The first kappa shape index (κ1) is 16.6. The number of unbranched alkanes of at least 4 members (excludes halogenated alkanes) is 1. The molecule has 0 unspecified atom stereocenters. The van der Waals surface area contributed by atoms with Crippen LogP contribution in [0.2, 0.25) is 18.1 Å². The summed E-state index contributed by atoms with van der Waals surface area (Å²) in [7, 11) is -1.56. The smallest absolute Gasteiger partial charge is 0.192 e. The quantitative estimate of drug-likeness (QED) is 0.347. The topological polar surface area (TPSA) is 9.23 Å². The highest BCUT2D eigenvalue weighted by Gasteiger charge is 2.38. The molecule has 0 saturated heterocycles. The van der Waals surface area contributed by atoms with E-state index in [1.165, 1.54) is 19.3 Å². The van der Waals surface area contributed by atoms with Crippen LogP contribution in [-0.2, 0) is 4.43 Å². The van der Waals surface area contributed by atoms with Crippen molar-refractivity contribution in [3.8, 4) is 0 Å². The monoisotopic (exact) mass is 354 g/mol. The van der Waals surface area contributed by atoms with Gasteiger partial charge in [-0.25, -0.2) is 0 Å². The first-order valence-electron chi connectivity index (χ1n) is 6.14. The van der Waals surface area contributed by atoms with Crippen molar-refractivity contribution in [2.75, 3.05) is 0 Å². The number of allylic oxidation sites excluding steroid dienone is 1. The van der Waals surface area contributed by atoms with Crippen LogP contribution in [0.5, 0.6) is 0 Å². The zero-order valence-electron chi connectivity index (χ0n) is 11.6. The summed E-state index contributed by atoms with van der Waals surface area (Å²) in [5.41, 5.74) is 0.